The number of aliphatic carboxylic acids is 1. The van der Waals surface area contributed by atoms with Crippen molar-refractivity contribution >= 4 is 5.97 Å². The van der Waals surface area contributed by atoms with Gasteiger partial charge in [0, 0.05) is 6.42 Å². The van der Waals surface area contributed by atoms with Gasteiger partial charge in [0.2, 0.25) is 0 Å². The third-order valence-corrected chi connectivity index (χ3v) is 2.56. The van der Waals surface area contributed by atoms with Gasteiger partial charge >= 0.3 is 5.97 Å². The Kier molecular flexibility index (Phi) is 2.88. The Morgan fingerprint density at radius 1 is 1.45 bits per heavy atom. The van der Waals surface area contributed by atoms with E-state index in [0.29, 0.717) is 24.8 Å². The number of carboxylic acids is 1. The lowest BCUT2D eigenvalue weighted by atomic mass is 9.93. The van der Waals surface area contributed by atoms with E-state index >= 15 is 0 Å². The lowest BCUT2D eigenvalue weighted by molar-refractivity contribution is -0.138. The lowest BCUT2D eigenvalue weighted by Crippen LogP contribution is -2.20. The minimum absolute atomic E-state index is 0.307. The summed E-state index contributed by atoms with van der Waals surface area (Å²) >= 11 is 0. The molecule has 0 spiro atoms. The van der Waals surface area contributed by atoms with Crippen LogP contribution >= 0.6 is 0 Å². The zero-order chi connectivity index (χ0) is 8.27. The average molecular weight is 157 g/mol. The van der Waals surface area contributed by atoms with Crippen LogP contribution < -0.4 is 5.73 Å². The van der Waals surface area contributed by atoms with Gasteiger partial charge in [-0.3, -0.25) is 4.79 Å². The van der Waals surface area contributed by atoms with E-state index in [1.54, 1.807) is 0 Å². The molecule has 1 aliphatic carbocycles. The Hall–Kier alpha value is -0.570. The van der Waals surface area contributed by atoms with Crippen LogP contribution in [0.5, 0.6) is 0 Å². The number of carbonyl (C=O) groups is 1. The molecule has 0 radical (unpaired) electrons. The number of hydrogen-bond acceptors (Lipinski definition) is 2. The molecule has 2 atom stereocenters. The maximum absolute atomic E-state index is 10.4. The predicted molar refractivity (Wildman–Crippen MR) is 42.1 cm³/mol. The highest BCUT2D eigenvalue weighted by Crippen LogP contribution is 2.33. The molecule has 0 aromatic rings. The summed E-state index contributed by atoms with van der Waals surface area (Å²) in [5.41, 5.74) is 5.51. The fourth-order valence-corrected chi connectivity index (χ4v) is 1.92. The molecule has 0 amide bonds. The Balaban J connectivity index is 2.37. The lowest BCUT2D eigenvalue weighted by Gasteiger charge is -2.14. The molecule has 0 saturated heterocycles. The summed E-state index contributed by atoms with van der Waals surface area (Å²) < 4.78 is 0. The van der Waals surface area contributed by atoms with E-state index in [4.69, 9.17) is 10.8 Å². The Morgan fingerprint density at radius 3 is 2.64 bits per heavy atom. The zero-order valence-electron chi connectivity index (χ0n) is 6.62. The first-order valence-corrected chi connectivity index (χ1v) is 4.16. The van der Waals surface area contributed by atoms with Gasteiger partial charge in [-0.25, -0.2) is 0 Å². The summed E-state index contributed by atoms with van der Waals surface area (Å²) in [5.74, 6) is 0.124. The van der Waals surface area contributed by atoms with Crippen molar-refractivity contribution in [1.29, 1.82) is 0 Å². The molecular formula is C8H15NO2. The van der Waals surface area contributed by atoms with Crippen LogP contribution in [0.4, 0.5) is 0 Å². The second-order valence-electron chi connectivity index (χ2n) is 3.28. The highest BCUT2D eigenvalue weighted by atomic mass is 16.4. The quantitative estimate of drug-likeness (QED) is 0.638. The van der Waals surface area contributed by atoms with Crippen molar-refractivity contribution in [2.24, 2.45) is 17.6 Å². The molecule has 1 saturated carbocycles. The van der Waals surface area contributed by atoms with Gasteiger partial charge in [-0.1, -0.05) is 6.42 Å². The molecule has 0 aromatic carbocycles. The topological polar surface area (TPSA) is 63.3 Å². The maximum Gasteiger partial charge on any atom is 0.303 e. The van der Waals surface area contributed by atoms with Gasteiger partial charge in [0.15, 0.2) is 0 Å². The number of hydrogen-bond donors (Lipinski definition) is 2. The highest BCUT2D eigenvalue weighted by molar-refractivity contribution is 5.67. The first-order valence-electron chi connectivity index (χ1n) is 4.16. The molecule has 1 rings (SSSR count). The number of rotatable bonds is 3. The van der Waals surface area contributed by atoms with Crippen molar-refractivity contribution in [3.63, 3.8) is 0 Å². The van der Waals surface area contributed by atoms with Crippen molar-refractivity contribution in [1.82, 2.24) is 0 Å². The summed E-state index contributed by atoms with van der Waals surface area (Å²) in [4.78, 5) is 10.4. The molecule has 3 nitrogen and oxygen atoms in total. The Morgan fingerprint density at radius 2 is 2.09 bits per heavy atom. The molecule has 2 unspecified atom stereocenters. The van der Waals surface area contributed by atoms with Crippen molar-refractivity contribution in [2.45, 2.75) is 25.7 Å². The Labute approximate surface area is 66.6 Å². The molecule has 1 aliphatic rings. The van der Waals surface area contributed by atoms with Gasteiger partial charge < -0.3 is 10.8 Å². The van der Waals surface area contributed by atoms with Gasteiger partial charge in [0.1, 0.15) is 0 Å². The molecule has 3 N–H and O–H groups in total. The van der Waals surface area contributed by atoms with Gasteiger partial charge in [-0.2, -0.15) is 0 Å². The van der Waals surface area contributed by atoms with Crippen LogP contribution in [-0.4, -0.2) is 17.6 Å². The Bertz CT molecular complexity index is 147. The zero-order valence-corrected chi connectivity index (χ0v) is 6.62. The monoisotopic (exact) mass is 157 g/mol. The minimum Gasteiger partial charge on any atom is -0.481 e. The van der Waals surface area contributed by atoms with E-state index in [1.165, 1.54) is 0 Å². The first kappa shape index (κ1) is 8.53. The van der Waals surface area contributed by atoms with Gasteiger partial charge in [-0.15, -0.1) is 0 Å². The summed E-state index contributed by atoms with van der Waals surface area (Å²) in [7, 11) is 0. The largest absolute Gasteiger partial charge is 0.481 e. The highest BCUT2D eigenvalue weighted by Gasteiger charge is 2.27. The van der Waals surface area contributed by atoms with Crippen molar-refractivity contribution in [2.75, 3.05) is 6.54 Å². The fourth-order valence-electron chi connectivity index (χ4n) is 1.92. The molecule has 0 bridgehead atoms. The van der Waals surface area contributed by atoms with Crippen LogP contribution in [0.25, 0.3) is 0 Å². The van der Waals surface area contributed by atoms with Crippen LogP contribution in [0.3, 0.4) is 0 Å². The summed E-state index contributed by atoms with van der Waals surface area (Å²) in [6, 6.07) is 0. The fraction of sp³-hybridized carbons (Fsp3) is 0.875. The van der Waals surface area contributed by atoms with Gasteiger partial charge in [0.05, 0.1) is 0 Å². The minimum atomic E-state index is -0.685. The van der Waals surface area contributed by atoms with Crippen LogP contribution in [0, 0.1) is 11.8 Å². The second kappa shape index (κ2) is 3.72. The van der Waals surface area contributed by atoms with Crippen molar-refractivity contribution in [3.05, 3.63) is 0 Å². The SMILES string of the molecule is NCC1CCCC1CC(=O)O. The van der Waals surface area contributed by atoms with E-state index in [1.807, 2.05) is 0 Å². The molecule has 3 heteroatoms. The molecular weight excluding hydrogens is 142 g/mol. The summed E-state index contributed by atoms with van der Waals surface area (Å²) in [5, 5.41) is 8.55. The normalized spacial score (nSPS) is 30.6. The number of nitrogens with two attached hydrogens (primary N) is 1. The average Bonchev–Trinajstić information content (AvgIpc) is 2.34. The smallest absolute Gasteiger partial charge is 0.303 e. The molecule has 11 heavy (non-hydrogen) atoms. The molecule has 1 fully saturated rings. The van der Waals surface area contributed by atoms with Crippen molar-refractivity contribution < 1.29 is 9.90 Å². The maximum atomic E-state index is 10.4. The van der Waals surface area contributed by atoms with E-state index < -0.39 is 5.97 Å². The van der Waals surface area contributed by atoms with Crippen LogP contribution in [0.15, 0.2) is 0 Å². The van der Waals surface area contributed by atoms with Crippen LogP contribution in [0.2, 0.25) is 0 Å². The van der Waals surface area contributed by atoms with Crippen LogP contribution in [-0.2, 0) is 4.79 Å². The van der Waals surface area contributed by atoms with E-state index in [0.717, 1.165) is 19.3 Å². The molecule has 64 valence electrons. The van der Waals surface area contributed by atoms with Crippen molar-refractivity contribution in [3.8, 4) is 0 Å². The standard InChI is InChI=1S/C8H15NO2/c9-5-7-3-1-2-6(7)4-8(10)11/h6-7H,1-5,9H2,(H,10,11). The second-order valence-corrected chi connectivity index (χ2v) is 3.28. The third-order valence-electron chi connectivity index (χ3n) is 2.56. The van der Waals surface area contributed by atoms with Gasteiger partial charge in [-0.05, 0) is 31.2 Å². The van der Waals surface area contributed by atoms with E-state index in [9.17, 15) is 4.79 Å². The predicted octanol–water partition coefficient (Wildman–Crippen LogP) is 0.836. The van der Waals surface area contributed by atoms with Gasteiger partial charge in [0.25, 0.3) is 0 Å². The first-order chi connectivity index (χ1) is 5.24. The van der Waals surface area contributed by atoms with Crippen LogP contribution in [0.1, 0.15) is 25.7 Å². The van der Waals surface area contributed by atoms with E-state index in [2.05, 4.69) is 0 Å². The molecule has 0 aromatic heterocycles. The number of carboxylic acid groups (broad SMARTS) is 1. The molecule has 0 aliphatic heterocycles. The molecule has 0 heterocycles. The summed E-state index contributed by atoms with van der Waals surface area (Å²) in [6.07, 6.45) is 3.63. The summed E-state index contributed by atoms with van der Waals surface area (Å²) in [6.45, 7) is 0.651. The van der Waals surface area contributed by atoms with E-state index in [-0.39, 0.29) is 0 Å². The third kappa shape index (κ3) is 2.19.